The highest BCUT2D eigenvalue weighted by atomic mass is 32.2. The molecule has 0 radical (unpaired) electrons. The number of nitriles is 2. The Kier molecular flexibility index (Phi) is 8.16. The van der Waals surface area contributed by atoms with E-state index in [1.54, 1.807) is 6.92 Å². The first-order valence-electron chi connectivity index (χ1n) is 12.0. The van der Waals surface area contributed by atoms with Gasteiger partial charge in [-0.25, -0.2) is 9.97 Å². The van der Waals surface area contributed by atoms with Crippen LogP contribution in [0.3, 0.4) is 0 Å². The number of nitrogen functional groups attached to an aromatic ring is 1. The SMILES string of the molecule is CCOc1ccc2nc(NC(=O)C(C)Sc3nc(N)c(C#N)c(-c4ccc(C(C)C)cc4)c3C#N)sc2c1. The van der Waals surface area contributed by atoms with Crippen LogP contribution in [-0.4, -0.2) is 27.7 Å². The molecule has 4 rings (SSSR count). The second-order valence-corrected chi connectivity index (χ2v) is 11.1. The molecule has 38 heavy (non-hydrogen) atoms. The van der Waals surface area contributed by atoms with Crippen molar-refractivity contribution in [2.75, 3.05) is 17.7 Å². The fourth-order valence-electron chi connectivity index (χ4n) is 3.85. The molecule has 0 aliphatic rings. The van der Waals surface area contributed by atoms with Gasteiger partial charge in [0.2, 0.25) is 5.91 Å². The molecule has 0 saturated heterocycles. The molecule has 0 spiro atoms. The largest absolute Gasteiger partial charge is 0.494 e. The average Bonchev–Trinajstić information content (AvgIpc) is 3.30. The minimum atomic E-state index is -0.621. The summed E-state index contributed by atoms with van der Waals surface area (Å²) in [7, 11) is 0. The minimum absolute atomic E-state index is 0.0146. The number of ether oxygens (including phenoxy) is 1. The maximum Gasteiger partial charge on any atom is 0.239 e. The topological polar surface area (TPSA) is 138 Å². The highest BCUT2D eigenvalue weighted by molar-refractivity contribution is 8.00. The summed E-state index contributed by atoms with van der Waals surface area (Å²) >= 11 is 2.46. The van der Waals surface area contributed by atoms with Crippen LogP contribution in [0.25, 0.3) is 21.3 Å². The van der Waals surface area contributed by atoms with Gasteiger partial charge in [0.05, 0.1) is 27.6 Å². The lowest BCUT2D eigenvalue weighted by Crippen LogP contribution is -2.22. The van der Waals surface area contributed by atoms with Crippen LogP contribution in [0.1, 0.15) is 50.3 Å². The second kappa shape index (κ2) is 11.5. The van der Waals surface area contributed by atoms with Gasteiger partial charge in [-0.15, -0.1) is 0 Å². The quantitative estimate of drug-likeness (QED) is 0.247. The average molecular weight is 543 g/mol. The predicted octanol–water partition coefficient (Wildman–Crippen LogP) is 6.33. The van der Waals surface area contributed by atoms with E-state index in [0.29, 0.717) is 33.8 Å². The van der Waals surface area contributed by atoms with Gasteiger partial charge >= 0.3 is 0 Å². The number of carbonyl (C=O) groups is 1. The number of rotatable bonds is 8. The lowest BCUT2D eigenvalue weighted by Gasteiger charge is -2.16. The van der Waals surface area contributed by atoms with Crippen LogP contribution in [0.5, 0.6) is 5.75 Å². The van der Waals surface area contributed by atoms with Gasteiger partial charge in [-0.3, -0.25) is 4.79 Å². The molecule has 192 valence electrons. The number of pyridine rings is 1. The number of nitrogens with one attached hydrogen (secondary N) is 1. The highest BCUT2D eigenvalue weighted by Gasteiger charge is 2.24. The first kappa shape index (κ1) is 26.9. The van der Waals surface area contributed by atoms with E-state index in [1.165, 1.54) is 11.3 Å². The number of carbonyl (C=O) groups excluding carboxylic acids is 1. The summed E-state index contributed by atoms with van der Waals surface area (Å²) in [6.45, 7) is 8.38. The van der Waals surface area contributed by atoms with Crippen molar-refractivity contribution in [3.8, 4) is 29.0 Å². The van der Waals surface area contributed by atoms with E-state index in [0.717, 1.165) is 33.3 Å². The second-order valence-electron chi connectivity index (χ2n) is 8.76. The first-order chi connectivity index (χ1) is 18.2. The number of hydrogen-bond donors (Lipinski definition) is 2. The Morgan fingerprint density at radius 1 is 1.11 bits per heavy atom. The smallest absolute Gasteiger partial charge is 0.239 e. The predicted molar refractivity (Wildman–Crippen MR) is 152 cm³/mol. The zero-order valence-electron chi connectivity index (χ0n) is 21.4. The lowest BCUT2D eigenvalue weighted by atomic mass is 9.94. The number of benzene rings is 2. The van der Waals surface area contributed by atoms with Crippen molar-refractivity contribution in [2.45, 2.75) is 43.9 Å². The molecule has 1 unspecified atom stereocenters. The summed E-state index contributed by atoms with van der Waals surface area (Å²) in [6, 6.07) is 17.5. The molecule has 10 heteroatoms. The summed E-state index contributed by atoms with van der Waals surface area (Å²) < 4.78 is 6.44. The zero-order chi connectivity index (χ0) is 27.4. The van der Waals surface area contributed by atoms with E-state index in [9.17, 15) is 15.3 Å². The number of aromatic nitrogens is 2. The van der Waals surface area contributed by atoms with E-state index in [-0.39, 0.29) is 22.9 Å². The number of thiazole rings is 1. The Morgan fingerprint density at radius 2 is 1.82 bits per heavy atom. The molecule has 4 aromatic rings. The Balaban J connectivity index is 1.61. The molecule has 2 aromatic heterocycles. The van der Waals surface area contributed by atoms with E-state index >= 15 is 0 Å². The highest BCUT2D eigenvalue weighted by Crippen LogP contribution is 2.38. The number of anilines is 2. The third-order valence-electron chi connectivity index (χ3n) is 5.84. The number of nitrogens with zero attached hydrogens (tertiary/aromatic N) is 4. The molecule has 0 aliphatic heterocycles. The monoisotopic (exact) mass is 542 g/mol. The molecular formula is C28H26N6O2S2. The Bertz CT molecular complexity index is 1580. The van der Waals surface area contributed by atoms with Gasteiger partial charge in [0, 0.05) is 5.56 Å². The van der Waals surface area contributed by atoms with Gasteiger partial charge in [0.25, 0.3) is 0 Å². The molecule has 3 N–H and O–H groups in total. The minimum Gasteiger partial charge on any atom is -0.494 e. The standard InChI is InChI=1S/C28H26N6O2S2/c1-5-36-19-10-11-22-23(12-19)38-28(32-22)34-26(35)16(4)37-27-21(14-30)24(20(13-29)25(31)33-27)18-8-6-17(7-9-18)15(2)3/h6-12,15-16H,5H2,1-4H3,(H2,31,33)(H,32,34,35). The van der Waals surface area contributed by atoms with Gasteiger partial charge in [-0.2, -0.15) is 10.5 Å². The number of nitrogens with two attached hydrogens (primary N) is 1. The number of amides is 1. The molecule has 2 aromatic carbocycles. The van der Waals surface area contributed by atoms with Crippen molar-refractivity contribution in [3.05, 3.63) is 59.2 Å². The third-order valence-corrected chi connectivity index (χ3v) is 7.86. The molecule has 0 fully saturated rings. The van der Waals surface area contributed by atoms with Crippen molar-refractivity contribution in [3.63, 3.8) is 0 Å². The van der Waals surface area contributed by atoms with Crippen LogP contribution < -0.4 is 15.8 Å². The first-order valence-corrected chi connectivity index (χ1v) is 13.7. The van der Waals surface area contributed by atoms with Crippen LogP contribution in [-0.2, 0) is 4.79 Å². The van der Waals surface area contributed by atoms with Crippen molar-refractivity contribution in [2.24, 2.45) is 0 Å². The Labute approximate surface area is 229 Å². The van der Waals surface area contributed by atoms with Gasteiger partial charge < -0.3 is 15.8 Å². The van der Waals surface area contributed by atoms with Crippen molar-refractivity contribution >= 4 is 50.2 Å². The van der Waals surface area contributed by atoms with Gasteiger partial charge in [0.15, 0.2) is 5.13 Å². The normalized spacial score (nSPS) is 11.7. The number of thioether (sulfide) groups is 1. The summed E-state index contributed by atoms with van der Waals surface area (Å²) in [6.07, 6.45) is 0. The summed E-state index contributed by atoms with van der Waals surface area (Å²) in [4.78, 5) is 21.9. The molecule has 1 atom stereocenters. The fourth-order valence-corrected chi connectivity index (χ4v) is 5.66. The van der Waals surface area contributed by atoms with Gasteiger partial charge in [-0.1, -0.05) is 61.2 Å². The fraction of sp³-hybridized carbons (Fsp3) is 0.250. The van der Waals surface area contributed by atoms with Gasteiger partial charge in [-0.05, 0) is 49.1 Å². The molecule has 0 saturated carbocycles. The van der Waals surface area contributed by atoms with Crippen LogP contribution in [0.15, 0.2) is 47.5 Å². The zero-order valence-corrected chi connectivity index (χ0v) is 23.0. The third kappa shape index (κ3) is 5.57. The van der Waals surface area contributed by atoms with E-state index in [4.69, 9.17) is 10.5 Å². The lowest BCUT2D eigenvalue weighted by molar-refractivity contribution is -0.115. The van der Waals surface area contributed by atoms with Crippen molar-refractivity contribution in [1.29, 1.82) is 10.5 Å². The van der Waals surface area contributed by atoms with E-state index in [2.05, 4.69) is 41.3 Å². The molecule has 8 nitrogen and oxygen atoms in total. The molecule has 1 amide bonds. The maximum atomic E-state index is 13.0. The molecule has 2 heterocycles. The number of hydrogen-bond acceptors (Lipinski definition) is 9. The Morgan fingerprint density at radius 3 is 2.45 bits per heavy atom. The Hall–Kier alpha value is -4.12. The summed E-state index contributed by atoms with van der Waals surface area (Å²) in [5.41, 5.74) is 9.51. The van der Waals surface area contributed by atoms with E-state index < -0.39 is 5.25 Å². The maximum absolute atomic E-state index is 13.0. The summed E-state index contributed by atoms with van der Waals surface area (Å²) in [5, 5.41) is 22.8. The molecular weight excluding hydrogens is 516 g/mol. The number of fused-ring (bicyclic) bond motifs is 1. The molecule has 0 bridgehead atoms. The molecule has 0 aliphatic carbocycles. The van der Waals surface area contributed by atoms with E-state index in [1.807, 2.05) is 49.4 Å². The van der Waals surface area contributed by atoms with Crippen LogP contribution in [0.2, 0.25) is 0 Å². The van der Waals surface area contributed by atoms with Crippen molar-refractivity contribution in [1.82, 2.24) is 9.97 Å². The van der Waals surface area contributed by atoms with Gasteiger partial charge in [0.1, 0.15) is 34.3 Å². The van der Waals surface area contributed by atoms with Crippen LogP contribution in [0.4, 0.5) is 10.9 Å². The summed E-state index contributed by atoms with van der Waals surface area (Å²) in [5.74, 6) is 0.801. The van der Waals surface area contributed by atoms with Crippen molar-refractivity contribution < 1.29 is 9.53 Å². The van der Waals surface area contributed by atoms with Crippen LogP contribution in [0, 0.1) is 22.7 Å². The van der Waals surface area contributed by atoms with Crippen LogP contribution >= 0.6 is 23.1 Å².